The molecule has 0 aliphatic heterocycles. The number of hydrogen-bond acceptors (Lipinski definition) is 6. The Labute approximate surface area is 197 Å². The predicted octanol–water partition coefficient (Wildman–Crippen LogP) is 3.19. The molecule has 4 rings (SSSR count). The summed E-state index contributed by atoms with van der Waals surface area (Å²) in [5.41, 5.74) is 2.82. The van der Waals surface area contributed by atoms with E-state index in [1.807, 2.05) is 36.4 Å². The van der Waals surface area contributed by atoms with Gasteiger partial charge < -0.3 is 5.32 Å². The molecule has 172 valence electrons. The molecule has 0 unspecified atom stereocenters. The number of nitrogens with zero attached hydrogens (tertiary/aromatic N) is 1. The van der Waals surface area contributed by atoms with Gasteiger partial charge in [-0.2, -0.15) is 0 Å². The normalized spacial score (nSPS) is 13.7. The molecule has 0 atom stereocenters. The van der Waals surface area contributed by atoms with Gasteiger partial charge in [-0.25, -0.2) is 18.1 Å². The van der Waals surface area contributed by atoms with Crippen LogP contribution in [0, 0.1) is 0 Å². The summed E-state index contributed by atoms with van der Waals surface area (Å²) in [6.45, 7) is 0.312. The Balaban J connectivity index is 1.41. The van der Waals surface area contributed by atoms with Crippen molar-refractivity contribution in [1.29, 1.82) is 0 Å². The van der Waals surface area contributed by atoms with E-state index in [0.717, 1.165) is 35.6 Å². The lowest BCUT2D eigenvalue weighted by Crippen LogP contribution is -2.25. The Morgan fingerprint density at radius 2 is 1.82 bits per heavy atom. The molecule has 3 aromatic rings. The highest BCUT2D eigenvalue weighted by Gasteiger charge is 2.25. The number of para-hydroxylation sites is 1. The molecule has 33 heavy (non-hydrogen) atoms. The van der Waals surface area contributed by atoms with Crippen molar-refractivity contribution in [3.63, 3.8) is 0 Å². The lowest BCUT2D eigenvalue weighted by Gasteiger charge is -2.10. The summed E-state index contributed by atoms with van der Waals surface area (Å²) in [7, 11) is -3.21. The first kappa shape index (κ1) is 23.4. The van der Waals surface area contributed by atoms with E-state index in [2.05, 4.69) is 15.0 Å². The minimum absolute atomic E-state index is 0.0419. The summed E-state index contributed by atoms with van der Waals surface area (Å²) >= 11 is 1.31. The average molecular weight is 484 g/mol. The van der Waals surface area contributed by atoms with Crippen LogP contribution in [0.15, 0.2) is 59.6 Å². The van der Waals surface area contributed by atoms with E-state index in [0.29, 0.717) is 29.1 Å². The lowest BCUT2D eigenvalue weighted by atomic mass is 10.1. The van der Waals surface area contributed by atoms with Gasteiger partial charge in [0.2, 0.25) is 10.0 Å². The Morgan fingerprint density at radius 1 is 1.09 bits per heavy atom. The fourth-order valence-electron chi connectivity index (χ4n) is 3.36. The monoisotopic (exact) mass is 483 g/mol. The standard InChI is InChI=1S/C24H25N3O4S2/c1-33(30,31)25-13-12-16-6-8-17(9-7-16)22(28)15-32-23-14-20(24(29)26-18-10-11-18)19-4-2-3-5-21(19)27-23/h2-9,14,18,25H,10-13,15H2,1H3,(H,26,29). The van der Waals surface area contributed by atoms with Crippen molar-refractivity contribution in [2.24, 2.45) is 0 Å². The first-order chi connectivity index (χ1) is 15.8. The number of fused-ring (bicyclic) bond motifs is 1. The number of rotatable bonds is 10. The van der Waals surface area contributed by atoms with Crippen molar-refractivity contribution < 1.29 is 18.0 Å². The van der Waals surface area contributed by atoms with E-state index in [1.165, 1.54) is 11.8 Å². The second kappa shape index (κ2) is 10.0. The van der Waals surface area contributed by atoms with Crippen molar-refractivity contribution in [2.45, 2.75) is 30.3 Å². The van der Waals surface area contributed by atoms with Gasteiger partial charge in [-0.05, 0) is 37.0 Å². The number of amides is 1. The quantitative estimate of drug-likeness (QED) is 0.339. The van der Waals surface area contributed by atoms with Crippen molar-refractivity contribution in [2.75, 3.05) is 18.6 Å². The molecule has 0 spiro atoms. The Morgan fingerprint density at radius 3 is 2.52 bits per heavy atom. The van der Waals surface area contributed by atoms with Gasteiger partial charge >= 0.3 is 0 Å². The molecule has 1 aliphatic carbocycles. The zero-order chi connectivity index (χ0) is 23.4. The molecular weight excluding hydrogens is 458 g/mol. The summed E-state index contributed by atoms with van der Waals surface area (Å²) in [4.78, 5) is 30.0. The van der Waals surface area contributed by atoms with Crippen LogP contribution in [0.2, 0.25) is 0 Å². The van der Waals surface area contributed by atoms with Gasteiger partial charge in [-0.15, -0.1) is 0 Å². The maximum absolute atomic E-state index is 12.7. The molecule has 2 aromatic carbocycles. The zero-order valence-electron chi connectivity index (χ0n) is 18.2. The van der Waals surface area contributed by atoms with E-state index < -0.39 is 10.0 Å². The maximum Gasteiger partial charge on any atom is 0.252 e. The Hall–Kier alpha value is -2.75. The third-order valence-electron chi connectivity index (χ3n) is 5.25. The highest BCUT2D eigenvalue weighted by molar-refractivity contribution is 7.99. The topological polar surface area (TPSA) is 105 Å². The fourth-order valence-corrected chi connectivity index (χ4v) is 4.65. The van der Waals surface area contributed by atoms with Crippen LogP contribution in [-0.2, 0) is 16.4 Å². The minimum atomic E-state index is -3.21. The zero-order valence-corrected chi connectivity index (χ0v) is 19.8. The SMILES string of the molecule is CS(=O)(=O)NCCc1ccc(C(=O)CSc2cc(C(=O)NC3CC3)c3ccccc3n2)cc1. The number of Topliss-reactive ketones (excluding diaryl/α,β-unsaturated/α-hetero) is 1. The number of sulfonamides is 1. The minimum Gasteiger partial charge on any atom is -0.349 e. The number of carbonyl (C=O) groups is 2. The number of benzene rings is 2. The van der Waals surface area contributed by atoms with E-state index in [9.17, 15) is 18.0 Å². The third kappa shape index (κ3) is 6.63. The van der Waals surface area contributed by atoms with Crippen LogP contribution in [0.4, 0.5) is 0 Å². The molecule has 1 amide bonds. The highest BCUT2D eigenvalue weighted by atomic mass is 32.2. The predicted molar refractivity (Wildman–Crippen MR) is 130 cm³/mol. The third-order valence-corrected chi connectivity index (χ3v) is 6.89. The molecule has 0 bridgehead atoms. The average Bonchev–Trinajstić information content (AvgIpc) is 3.60. The van der Waals surface area contributed by atoms with Crippen LogP contribution >= 0.6 is 11.8 Å². The van der Waals surface area contributed by atoms with Crippen molar-refractivity contribution >= 4 is 44.4 Å². The van der Waals surface area contributed by atoms with Gasteiger partial charge in [0, 0.05) is 23.5 Å². The van der Waals surface area contributed by atoms with Crippen LogP contribution in [-0.4, -0.2) is 49.7 Å². The number of thioether (sulfide) groups is 1. The summed E-state index contributed by atoms with van der Waals surface area (Å²) in [6.07, 6.45) is 3.69. The van der Waals surface area contributed by atoms with Gasteiger partial charge in [0.1, 0.15) is 0 Å². The van der Waals surface area contributed by atoms with E-state index >= 15 is 0 Å². The molecule has 1 aliphatic rings. The molecule has 0 saturated heterocycles. The van der Waals surface area contributed by atoms with E-state index in [1.54, 1.807) is 18.2 Å². The number of carbonyl (C=O) groups excluding carboxylic acids is 2. The lowest BCUT2D eigenvalue weighted by molar-refractivity contribution is 0.0951. The first-order valence-corrected chi connectivity index (χ1v) is 13.6. The molecule has 9 heteroatoms. The van der Waals surface area contributed by atoms with Crippen LogP contribution < -0.4 is 10.0 Å². The molecule has 1 saturated carbocycles. The van der Waals surface area contributed by atoms with Crippen LogP contribution in [0.25, 0.3) is 10.9 Å². The number of pyridine rings is 1. The first-order valence-electron chi connectivity index (χ1n) is 10.7. The Bertz CT molecular complexity index is 1290. The number of nitrogens with one attached hydrogen (secondary N) is 2. The summed E-state index contributed by atoms with van der Waals surface area (Å²) in [5.74, 6) is 0.0503. The van der Waals surface area contributed by atoms with Gasteiger partial charge in [0.25, 0.3) is 5.91 Å². The van der Waals surface area contributed by atoms with Crippen LogP contribution in [0.5, 0.6) is 0 Å². The van der Waals surface area contributed by atoms with E-state index in [4.69, 9.17) is 0 Å². The smallest absolute Gasteiger partial charge is 0.252 e. The van der Waals surface area contributed by atoms with Crippen molar-refractivity contribution in [1.82, 2.24) is 15.0 Å². The molecule has 1 heterocycles. The second-order valence-corrected chi connectivity index (χ2v) is 10.9. The van der Waals surface area contributed by atoms with Crippen LogP contribution in [0.3, 0.4) is 0 Å². The van der Waals surface area contributed by atoms with Crippen LogP contribution in [0.1, 0.15) is 39.1 Å². The number of ketones is 1. The number of hydrogen-bond donors (Lipinski definition) is 2. The molecule has 7 nitrogen and oxygen atoms in total. The summed E-state index contributed by atoms with van der Waals surface area (Å²) < 4.78 is 24.7. The summed E-state index contributed by atoms with van der Waals surface area (Å²) in [6, 6.07) is 16.7. The number of aromatic nitrogens is 1. The van der Waals surface area contributed by atoms with Gasteiger partial charge in [0.15, 0.2) is 5.78 Å². The largest absolute Gasteiger partial charge is 0.349 e. The fraction of sp³-hybridized carbons (Fsp3) is 0.292. The summed E-state index contributed by atoms with van der Waals surface area (Å²) in [5, 5.41) is 4.46. The molecule has 1 fully saturated rings. The van der Waals surface area contributed by atoms with E-state index in [-0.39, 0.29) is 23.5 Å². The second-order valence-electron chi connectivity index (χ2n) is 8.10. The highest BCUT2D eigenvalue weighted by Crippen LogP contribution is 2.26. The molecular formula is C24H25N3O4S2. The molecule has 2 N–H and O–H groups in total. The van der Waals surface area contributed by atoms with Crippen molar-refractivity contribution in [3.05, 3.63) is 71.3 Å². The molecule has 1 aromatic heterocycles. The van der Waals surface area contributed by atoms with Gasteiger partial charge in [-0.1, -0.05) is 54.2 Å². The van der Waals surface area contributed by atoms with Crippen molar-refractivity contribution in [3.8, 4) is 0 Å². The Kier molecular flexibility index (Phi) is 7.11. The maximum atomic E-state index is 12.7. The van der Waals surface area contributed by atoms with Gasteiger partial charge in [-0.3, -0.25) is 9.59 Å². The molecule has 0 radical (unpaired) electrons. The van der Waals surface area contributed by atoms with Gasteiger partial charge in [0.05, 0.1) is 28.1 Å².